The third-order valence-corrected chi connectivity index (χ3v) is 1.31. The van der Waals surface area contributed by atoms with Gasteiger partial charge in [0.2, 0.25) is 12.5 Å². The molecule has 0 saturated carbocycles. The third kappa shape index (κ3) is 1.02. The Kier molecular flexibility index (Phi) is 1.25. The van der Waals surface area contributed by atoms with Crippen molar-refractivity contribution in [2.75, 3.05) is 5.32 Å². The van der Waals surface area contributed by atoms with E-state index < -0.39 is 0 Å². The van der Waals surface area contributed by atoms with Gasteiger partial charge in [0.05, 0.1) is 0 Å². The van der Waals surface area contributed by atoms with Crippen LogP contribution in [0.15, 0.2) is 18.3 Å². The van der Waals surface area contributed by atoms with Crippen molar-refractivity contribution in [3.63, 3.8) is 0 Å². The molecule has 2 heterocycles. The van der Waals surface area contributed by atoms with Crippen LogP contribution < -0.4 is 10.1 Å². The lowest BCUT2D eigenvalue weighted by Crippen LogP contribution is -2.21. The van der Waals surface area contributed by atoms with Gasteiger partial charge in [-0.2, -0.15) is 0 Å². The van der Waals surface area contributed by atoms with E-state index in [4.69, 9.17) is 4.74 Å². The number of ether oxygens (including phenoxy) is 1. The Balaban J connectivity index is 2.41. The molecule has 0 fully saturated rings. The van der Waals surface area contributed by atoms with Gasteiger partial charge in [-0.05, 0) is 12.1 Å². The average Bonchev–Trinajstić information content (AvgIpc) is 2.04. The summed E-state index contributed by atoms with van der Waals surface area (Å²) in [6, 6.07) is 3.46. The van der Waals surface area contributed by atoms with Crippen molar-refractivity contribution in [1.29, 1.82) is 0 Å². The number of hydrogen-bond acceptors (Lipinski definition) is 3. The van der Waals surface area contributed by atoms with E-state index in [1.807, 2.05) is 0 Å². The van der Waals surface area contributed by atoms with E-state index in [1.165, 1.54) is 0 Å². The zero-order valence-corrected chi connectivity index (χ0v) is 5.57. The molecule has 11 heavy (non-hydrogen) atoms. The number of hydrogen-bond donors (Lipinski definition) is 1. The Morgan fingerprint density at radius 1 is 1.55 bits per heavy atom. The first-order valence-electron chi connectivity index (χ1n) is 3.12. The molecule has 1 aliphatic heterocycles. The summed E-state index contributed by atoms with van der Waals surface area (Å²) in [5.41, 5.74) is 0.611. The standard InChI is InChI=1S/C7H5N2O2/c10-6-4-11-7-5(9-6)2-1-3-8-7/h1-4H,(H,9,10). The fourth-order valence-corrected chi connectivity index (χ4v) is 0.851. The molecule has 0 aliphatic carbocycles. The van der Waals surface area contributed by atoms with Gasteiger partial charge < -0.3 is 10.1 Å². The lowest BCUT2D eigenvalue weighted by atomic mass is 10.3. The van der Waals surface area contributed by atoms with E-state index in [0.29, 0.717) is 11.6 Å². The minimum absolute atomic E-state index is 0.259. The molecular formula is C7H5N2O2. The van der Waals surface area contributed by atoms with Crippen molar-refractivity contribution in [2.24, 2.45) is 0 Å². The first kappa shape index (κ1) is 6.15. The van der Waals surface area contributed by atoms with E-state index in [2.05, 4.69) is 10.3 Å². The molecule has 1 radical (unpaired) electrons. The molecule has 1 amide bonds. The summed E-state index contributed by atoms with van der Waals surface area (Å²) in [5.74, 6) is 0.178. The number of carbonyl (C=O) groups is 1. The van der Waals surface area contributed by atoms with Crippen LogP contribution in [0, 0.1) is 6.61 Å². The molecule has 0 spiro atoms. The van der Waals surface area contributed by atoms with Crippen LogP contribution in [0.5, 0.6) is 5.88 Å². The second kappa shape index (κ2) is 2.23. The van der Waals surface area contributed by atoms with Crippen LogP contribution in [-0.4, -0.2) is 10.9 Å². The number of amides is 1. The summed E-state index contributed by atoms with van der Waals surface area (Å²) in [7, 11) is 0. The largest absolute Gasteiger partial charge is 0.458 e. The number of pyridine rings is 1. The number of carbonyl (C=O) groups excluding carboxylic acids is 1. The Bertz CT molecular complexity index is 298. The average molecular weight is 149 g/mol. The predicted molar refractivity (Wildman–Crippen MR) is 37.8 cm³/mol. The highest BCUT2D eigenvalue weighted by molar-refractivity contribution is 5.98. The zero-order valence-electron chi connectivity index (χ0n) is 5.57. The Labute approximate surface area is 63.2 Å². The van der Waals surface area contributed by atoms with Crippen molar-refractivity contribution >= 4 is 11.6 Å². The van der Waals surface area contributed by atoms with Crippen LogP contribution in [0.1, 0.15) is 0 Å². The molecule has 1 aromatic heterocycles. The molecule has 0 unspecified atom stereocenters. The summed E-state index contributed by atoms with van der Waals surface area (Å²) >= 11 is 0. The van der Waals surface area contributed by atoms with E-state index in [1.54, 1.807) is 18.3 Å². The lowest BCUT2D eigenvalue weighted by molar-refractivity contribution is -0.115. The van der Waals surface area contributed by atoms with Gasteiger partial charge in [0.1, 0.15) is 5.69 Å². The summed E-state index contributed by atoms with van der Waals surface area (Å²) in [6.45, 7) is 1.09. The van der Waals surface area contributed by atoms with Crippen LogP contribution >= 0.6 is 0 Å². The second-order valence-corrected chi connectivity index (χ2v) is 2.08. The smallest absolute Gasteiger partial charge is 0.270 e. The van der Waals surface area contributed by atoms with E-state index in [-0.39, 0.29) is 5.91 Å². The van der Waals surface area contributed by atoms with Gasteiger partial charge in [-0.15, -0.1) is 0 Å². The lowest BCUT2D eigenvalue weighted by Gasteiger charge is -2.14. The molecule has 0 atom stereocenters. The summed E-state index contributed by atoms with van der Waals surface area (Å²) in [4.78, 5) is 14.6. The predicted octanol–water partition coefficient (Wildman–Crippen LogP) is 0.574. The fourth-order valence-electron chi connectivity index (χ4n) is 0.851. The molecule has 0 saturated heterocycles. The monoisotopic (exact) mass is 149 g/mol. The van der Waals surface area contributed by atoms with Gasteiger partial charge in [0.25, 0.3) is 5.91 Å². The maximum Gasteiger partial charge on any atom is 0.270 e. The van der Waals surface area contributed by atoms with Crippen molar-refractivity contribution in [3.8, 4) is 5.88 Å². The second-order valence-electron chi connectivity index (χ2n) is 2.08. The molecular weight excluding hydrogens is 144 g/mol. The topological polar surface area (TPSA) is 51.2 Å². The Morgan fingerprint density at radius 2 is 2.45 bits per heavy atom. The molecule has 4 heteroatoms. The van der Waals surface area contributed by atoms with Crippen molar-refractivity contribution in [1.82, 2.24) is 4.98 Å². The highest BCUT2D eigenvalue weighted by Gasteiger charge is 2.16. The van der Waals surface area contributed by atoms with E-state index >= 15 is 0 Å². The first-order valence-corrected chi connectivity index (χ1v) is 3.12. The summed E-state index contributed by atoms with van der Waals surface area (Å²) in [6.07, 6.45) is 1.60. The van der Waals surface area contributed by atoms with Crippen molar-refractivity contribution in [3.05, 3.63) is 24.9 Å². The molecule has 1 aliphatic rings. The maximum absolute atomic E-state index is 10.7. The Morgan fingerprint density at radius 3 is 3.36 bits per heavy atom. The van der Waals surface area contributed by atoms with E-state index in [0.717, 1.165) is 6.61 Å². The number of nitrogens with zero attached hydrogens (tertiary/aromatic N) is 1. The quantitative estimate of drug-likeness (QED) is 0.586. The molecule has 0 bridgehead atoms. The van der Waals surface area contributed by atoms with Gasteiger partial charge >= 0.3 is 0 Å². The number of fused-ring (bicyclic) bond motifs is 1. The minimum Gasteiger partial charge on any atom is -0.458 e. The van der Waals surface area contributed by atoms with Gasteiger partial charge in [0.15, 0.2) is 0 Å². The van der Waals surface area contributed by atoms with Gasteiger partial charge in [-0.3, -0.25) is 4.79 Å². The maximum atomic E-state index is 10.7. The van der Waals surface area contributed by atoms with Gasteiger partial charge in [-0.1, -0.05) is 0 Å². The minimum atomic E-state index is -0.259. The number of nitrogens with one attached hydrogen (secondary N) is 1. The highest BCUT2D eigenvalue weighted by atomic mass is 16.5. The van der Waals surface area contributed by atoms with Crippen LogP contribution in [0.3, 0.4) is 0 Å². The number of anilines is 1. The zero-order chi connectivity index (χ0) is 7.68. The molecule has 55 valence electrons. The van der Waals surface area contributed by atoms with Crippen LogP contribution in [-0.2, 0) is 4.79 Å². The molecule has 1 N–H and O–H groups in total. The van der Waals surface area contributed by atoms with Crippen LogP contribution in [0.4, 0.5) is 5.69 Å². The molecule has 4 nitrogen and oxygen atoms in total. The van der Waals surface area contributed by atoms with Gasteiger partial charge in [0, 0.05) is 6.20 Å². The highest BCUT2D eigenvalue weighted by Crippen LogP contribution is 2.24. The number of rotatable bonds is 0. The summed E-state index contributed by atoms with van der Waals surface area (Å²) < 4.78 is 4.89. The van der Waals surface area contributed by atoms with Crippen molar-refractivity contribution in [2.45, 2.75) is 0 Å². The summed E-state index contributed by atoms with van der Waals surface area (Å²) in [5, 5.41) is 2.58. The van der Waals surface area contributed by atoms with Crippen LogP contribution in [0.2, 0.25) is 0 Å². The van der Waals surface area contributed by atoms with Gasteiger partial charge in [-0.25, -0.2) is 4.98 Å². The van der Waals surface area contributed by atoms with E-state index in [9.17, 15) is 4.79 Å². The normalized spacial score (nSPS) is 14.7. The molecule has 2 rings (SSSR count). The SMILES string of the molecule is O=C1[CH]Oc2ncccc2N1. The fraction of sp³-hybridized carbons (Fsp3) is 0. The van der Waals surface area contributed by atoms with Crippen LogP contribution in [0.25, 0.3) is 0 Å². The van der Waals surface area contributed by atoms with Crippen molar-refractivity contribution < 1.29 is 9.53 Å². The molecule has 1 aromatic rings. The Hall–Kier alpha value is -1.58. The first-order chi connectivity index (χ1) is 5.36. The third-order valence-electron chi connectivity index (χ3n) is 1.31. The molecule has 0 aromatic carbocycles. The number of aromatic nitrogens is 1.